The summed E-state index contributed by atoms with van der Waals surface area (Å²) in [6.45, 7) is 4.35. The van der Waals surface area contributed by atoms with Gasteiger partial charge in [0.15, 0.2) is 0 Å². The van der Waals surface area contributed by atoms with E-state index < -0.39 is 0 Å². The van der Waals surface area contributed by atoms with Crippen molar-refractivity contribution in [3.05, 3.63) is 29.6 Å². The molecule has 2 aliphatic rings. The number of nitrogens with one attached hydrogen (secondary N) is 2. The summed E-state index contributed by atoms with van der Waals surface area (Å²) < 4.78 is 0. The van der Waals surface area contributed by atoms with Gasteiger partial charge in [0.2, 0.25) is 0 Å². The van der Waals surface area contributed by atoms with Crippen molar-refractivity contribution < 1.29 is 0 Å². The molecule has 2 heterocycles. The predicted molar refractivity (Wildman–Crippen MR) is 78.0 cm³/mol. The van der Waals surface area contributed by atoms with Crippen LogP contribution in [0.25, 0.3) is 0 Å². The largest absolute Gasteiger partial charge is 0.314 e. The average Bonchev–Trinajstić information content (AvgIpc) is 3.08. The fourth-order valence-corrected chi connectivity index (χ4v) is 3.72. The Morgan fingerprint density at radius 1 is 1.32 bits per heavy atom. The van der Waals surface area contributed by atoms with Gasteiger partial charge in [-0.05, 0) is 62.3 Å². The number of pyridine rings is 1. The Morgan fingerprint density at radius 3 is 3.05 bits per heavy atom. The summed E-state index contributed by atoms with van der Waals surface area (Å²) >= 11 is 0. The molecule has 2 fully saturated rings. The van der Waals surface area contributed by atoms with Crippen LogP contribution in [0.3, 0.4) is 0 Å². The van der Waals surface area contributed by atoms with Crippen LogP contribution in [0.5, 0.6) is 0 Å². The van der Waals surface area contributed by atoms with Crippen molar-refractivity contribution in [2.75, 3.05) is 6.54 Å². The molecule has 3 atom stereocenters. The SMILES string of the molecule is Cc1ccncc1CNC1CCCC1C1CCCN1. The third-order valence-corrected chi connectivity index (χ3v) is 4.89. The van der Waals surface area contributed by atoms with Crippen molar-refractivity contribution in [2.45, 2.75) is 57.7 Å². The first-order valence-electron chi connectivity index (χ1n) is 7.71. The van der Waals surface area contributed by atoms with Crippen molar-refractivity contribution in [3.8, 4) is 0 Å². The highest BCUT2D eigenvalue weighted by atomic mass is 15.0. The molecule has 1 aliphatic heterocycles. The molecule has 3 heteroatoms. The zero-order chi connectivity index (χ0) is 13.1. The highest BCUT2D eigenvalue weighted by molar-refractivity contribution is 5.21. The maximum atomic E-state index is 4.23. The van der Waals surface area contributed by atoms with Crippen molar-refractivity contribution >= 4 is 0 Å². The van der Waals surface area contributed by atoms with Gasteiger partial charge in [-0.1, -0.05) is 6.42 Å². The Bertz CT molecular complexity index is 412. The third-order valence-electron chi connectivity index (χ3n) is 4.89. The first kappa shape index (κ1) is 13.1. The van der Waals surface area contributed by atoms with E-state index in [1.165, 1.54) is 49.8 Å². The van der Waals surface area contributed by atoms with E-state index >= 15 is 0 Å². The van der Waals surface area contributed by atoms with E-state index in [0.717, 1.165) is 18.5 Å². The van der Waals surface area contributed by atoms with Crippen LogP contribution < -0.4 is 10.6 Å². The van der Waals surface area contributed by atoms with Gasteiger partial charge in [0, 0.05) is 31.0 Å². The second-order valence-electron chi connectivity index (χ2n) is 6.09. The van der Waals surface area contributed by atoms with Crippen LogP contribution in [-0.2, 0) is 6.54 Å². The van der Waals surface area contributed by atoms with E-state index in [0.29, 0.717) is 6.04 Å². The minimum atomic E-state index is 0.690. The molecule has 1 saturated carbocycles. The van der Waals surface area contributed by atoms with E-state index in [1.807, 2.05) is 12.4 Å². The van der Waals surface area contributed by atoms with Gasteiger partial charge in [0.05, 0.1) is 0 Å². The highest BCUT2D eigenvalue weighted by Crippen LogP contribution is 2.32. The zero-order valence-corrected chi connectivity index (χ0v) is 11.9. The topological polar surface area (TPSA) is 37.0 Å². The standard InChI is InChI=1S/C16H25N3/c1-12-7-9-17-10-13(12)11-19-16-5-2-4-14(16)15-6-3-8-18-15/h7,9-10,14-16,18-19H,2-6,8,11H2,1H3. The lowest BCUT2D eigenvalue weighted by Gasteiger charge is -2.27. The molecule has 3 nitrogen and oxygen atoms in total. The van der Waals surface area contributed by atoms with Gasteiger partial charge in [0.1, 0.15) is 0 Å². The first-order chi connectivity index (χ1) is 9.34. The predicted octanol–water partition coefficient (Wildman–Crippen LogP) is 2.40. The fourth-order valence-electron chi connectivity index (χ4n) is 3.72. The zero-order valence-electron chi connectivity index (χ0n) is 11.9. The lowest BCUT2D eigenvalue weighted by Crippen LogP contribution is -2.41. The van der Waals surface area contributed by atoms with Gasteiger partial charge in [-0.25, -0.2) is 0 Å². The van der Waals surface area contributed by atoms with Crippen molar-refractivity contribution in [1.29, 1.82) is 0 Å². The molecule has 3 unspecified atom stereocenters. The summed E-state index contributed by atoms with van der Waals surface area (Å²) in [6.07, 6.45) is 10.7. The molecular formula is C16H25N3. The summed E-state index contributed by atoms with van der Waals surface area (Å²) in [5.74, 6) is 0.833. The molecule has 0 aromatic carbocycles. The molecule has 104 valence electrons. The molecule has 1 saturated heterocycles. The van der Waals surface area contributed by atoms with Gasteiger partial charge in [-0.15, -0.1) is 0 Å². The second-order valence-corrected chi connectivity index (χ2v) is 6.09. The molecule has 1 aromatic heterocycles. The average molecular weight is 259 g/mol. The highest BCUT2D eigenvalue weighted by Gasteiger charge is 2.34. The Balaban J connectivity index is 1.58. The van der Waals surface area contributed by atoms with Crippen molar-refractivity contribution in [1.82, 2.24) is 15.6 Å². The number of nitrogens with zero attached hydrogens (tertiary/aromatic N) is 1. The Hall–Kier alpha value is -0.930. The third kappa shape index (κ3) is 2.98. The van der Waals surface area contributed by atoms with Crippen LogP contribution in [0.4, 0.5) is 0 Å². The summed E-state index contributed by atoms with van der Waals surface area (Å²) in [5, 5.41) is 7.47. The number of hydrogen-bond acceptors (Lipinski definition) is 3. The lowest BCUT2D eigenvalue weighted by atomic mass is 9.93. The van der Waals surface area contributed by atoms with E-state index in [1.54, 1.807) is 0 Å². The molecule has 2 N–H and O–H groups in total. The monoisotopic (exact) mass is 259 g/mol. The number of rotatable bonds is 4. The Kier molecular flexibility index (Phi) is 4.14. The second kappa shape index (κ2) is 6.02. The maximum Gasteiger partial charge on any atom is 0.0315 e. The summed E-state index contributed by atoms with van der Waals surface area (Å²) in [4.78, 5) is 4.23. The number of hydrogen-bond donors (Lipinski definition) is 2. The Labute approximate surface area is 116 Å². The molecular weight excluding hydrogens is 234 g/mol. The van der Waals surface area contributed by atoms with E-state index in [-0.39, 0.29) is 0 Å². The summed E-state index contributed by atoms with van der Waals surface area (Å²) in [5.41, 5.74) is 2.68. The van der Waals surface area contributed by atoms with Gasteiger partial charge in [-0.3, -0.25) is 4.98 Å². The van der Waals surface area contributed by atoms with Crippen LogP contribution in [0.15, 0.2) is 18.5 Å². The molecule has 0 bridgehead atoms. The minimum Gasteiger partial charge on any atom is -0.314 e. The molecule has 0 radical (unpaired) electrons. The van der Waals surface area contributed by atoms with Crippen LogP contribution in [0.1, 0.15) is 43.2 Å². The van der Waals surface area contributed by atoms with Gasteiger partial charge >= 0.3 is 0 Å². The Morgan fingerprint density at radius 2 is 2.26 bits per heavy atom. The normalized spacial score (nSPS) is 30.9. The quantitative estimate of drug-likeness (QED) is 0.872. The number of aromatic nitrogens is 1. The molecule has 3 rings (SSSR count). The lowest BCUT2D eigenvalue weighted by molar-refractivity contribution is 0.319. The van der Waals surface area contributed by atoms with Crippen LogP contribution in [-0.4, -0.2) is 23.6 Å². The van der Waals surface area contributed by atoms with Crippen LogP contribution in [0, 0.1) is 12.8 Å². The van der Waals surface area contributed by atoms with Crippen LogP contribution in [0.2, 0.25) is 0 Å². The van der Waals surface area contributed by atoms with Crippen LogP contribution >= 0.6 is 0 Å². The molecule has 19 heavy (non-hydrogen) atoms. The molecule has 0 amide bonds. The van der Waals surface area contributed by atoms with E-state index in [9.17, 15) is 0 Å². The first-order valence-corrected chi connectivity index (χ1v) is 7.71. The maximum absolute atomic E-state index is 4.23. The van der Waals surface area contributed by atoms with Crippen molar-refractivity contribution in [3.63, 3.8) is 0 Å². The molecule has 0 spiro atoms. The van der Waals surface area contributed by atoms with Gasteiger partial charge < -0.3 is 10.6 Å². The van der Waals surface area contributed by atoms with E-state index in [4.69, 9.17) is 0 Å². The minimum absolute atomic E-state index is 0.690. The van der Waals surface area contributed by atoms with E-state index in [2.05, 4.69) is 28.6 Å². The van der Waals surface area contributed by atoms with Crippen molar-refractivity contribution in [2.24, 2.45) is 5.92 Å². The summed E-state index contributed by atoms with van der Waals surface area (Å²) in [6, 6.07) is 3.55. The smallest absolute Gasteiger partial charge is 0.0315 e. The molecule has 1 aliphatic carbocycles. The van der Waals surface area contributed by atoms with Gasteiger partial charge in [-0.2, -0.15) is 0 Å². The molecule has 1 aromatic rings. The van der Waals surface area contributed by atoms with Gasteiger partial charge in [0.25, 0.3) is 0 Å². The fraction of sp³-hybridized carbons (Fsp3) is 0.688. The summed E-state index contributed by atoms with van der Waals surface area (Å²) in [7, 11) is 0. The number of aryl methyl sites for hydroxylation is 1.